The minimum absolute atomic E-state index is 0.0923. The van der Waals surface area contributed by atoms with Crippen molar-refractivity contribution in [3.8, 4) is 0 Å². The Balaban J connectivity index is 1.32. The van der Waals surface area contributed by atoms with Gasteiger partial charge >= 0.3 is 0 Å². The molecule has 2 aromatic rings. The van der Waals surface area contributed by atoms with E-state index in [2.05, 4.69) is 27.3 Å². The predicted octanol–water partition coefficient (Wildman–Crippen LogP) is 3.44. The molecule has 4 rings (SSSR count). The van der Waals surface area contributed by atoms with E-state index in [9.17, 15) is 9.59 Å². The van der Waals surface area contributed by atoms with Gasteiger partial charge in [0, 0.05) is 42.8 Å². The number of hydrogen-bond acceptors (Lipinski definition) is 5. The molecule has 1 N–H and O–H groups in total. The van der Waals surface area contributed by atoms with E-state index >= 15 is 0 Å². The fourth-order valence-electron chi connectivity index (χ4n) is 3.63. The maximum Gasteiger partial charge on any atom is 0.230 e. The number of carbonyl (C=O) groups is 2. The van der Waals surface area contributed by atoms with Crippen LogP contribution in [0.1, 0.15) is 37.8 Å². The molecule has 0 aliphatic carbocycles. The van der Waals surface area contributed by atoms with Gasteiger partial charge in [-0.1, -0.05) is 0 Å². The maximum atomic E-state index is 12.3. The first-order valence-corrected chi connectivity index (χ1v) is 10.5. The molecule has 0 atom stereocenters. The van der Waals surface area contributed by atoms with Gasteiger partial charge in [-0.25, -0.2) is 4.98 Å². The van der Waals surface area contributed by atoms with E-state index in [0.29, 0.717) is 17.2 Å². The van der Waals surface area contributed by atoms with Crippen LogP contribution in [0.15, 0.2) is 29.6 Å². The molecule has 6 nitrogen and oxygen atoms in total. The Kier molecular flexibility index (Phi) is 5.38. The molecule has 2 aliphatic heterocycles. The van der Waals surface area contributed by atoms with Crippen molar-refractivity contribution in [3.63, 3.8) is 0 Å². The van der Waals surface area contributed by atoms with Crippen molar-refractivity contribution < 1.29 is 9.59 Å². The standard InChI is InChI=1S/C20H24N4O2S/c25-18(13-16-14-27-20(22-16)24-12-4-5-19(24)26)21-15-6-8-17(9-7-15)23-10-2-1-3-11-23/h6-9,14H,1-5,10-13H2,(H,21,25). The van der Waals surface area contributed by atoms with Gasteiger partial charge in [0.15, 0.2) is 5.13 Å². The second kappa shape index (κ2) is 8.08. The summed E-state index contributed by atoms with van der Waals surface area (Å²) in [5.74, 6) is 0.0273. The highest BCUT2D eigenvalue weighted by Gasteiger charge is 2.24. The fourth-order valence-corrected chi connectivity index (χ4v) is 4.50. The van der Waals surface area contributed by atoms with Gasteiger partial charge in [0.25, 0.3) is 0 Å². The molecule has 0 bridgehead atoms. The number of rotatable bonds is 5. The van der Waals surface area contributed by atoms with Gasteiger partial charge in [-0.05, 0) is 49.9 Å². The first-order valence-electron chi connectivity index (χ1n) is 9.59. The summed E-state index contributed by atoms with van der Waals surface area (Å²) in [5.41, 5.74) is 2.72. The zero-order valence-electron chi connectivity index (χ0n) is 15.3. The third-order valence-electron chi connectivity index (χ3n) is 5.06. The van der Waals surface area contributed by atoms with E-state index in [1.54, 1.807) is 4.90 Å². The molecular weight excluding hydrogens is 360 g/mol. The summed E-state index contributed by atoms with van der Waals surface area (Å²) in [6.45, 7) is 2.94. The number of hydrogen-bond donors (Lipinski definition) is 1. The number of amides is 2. The van der Waals surface area contributed by atoms with Gasteiger partial charge in [0.2, 0.25) is 11.8 Å². The van der Waals surface area contributed by atoms with Crippen LogP contribution in [0.5, 0.6) is 0 Å². The van der Waals surface area contributed by atoms with Crippen molar-refractivity contribution in [3.05, 3.63) is 35.3 Å². The molecule has 2 fully saturated rings. The van der Waals surface area contributed by atoms with E-state index in [1.165, 1.54) is 36.3 Å². The predicted molar refractivity (Wildman–Crippen MR) is 109 cm³/mol. The Labute approximate surface area is 163 Å². The second-order valence-electron chi connectivity index (χ2n) is 7.09. The van der Waals surface area contributed by atoms with E-state index in [4.69, 9.17) is 0 Å². The van der Waals surface area contributed by atoms with Gasteiger partial charge in [0.1, 0.15) is 0 Å². The highest BCUT2D eigenvalue weighted by molar-refractivity contribution is 7.14. The number of benzene rings is 1. The summed E-state index contributed by atoms with van der Waals surface area (Å²) < 4.78 is 0. The van der Waals surface area contributed by atoms with Crippen molar-refractivity contribution in [2.24, 2.45) is 0 Å². The Morgan fingerprint density at radius 2 is 1.85 bits per heavy atom. The van der Waals surface area contributed by atoms with Gasteiger partial charge in [-0.15, -0.1) is 11.3 Å². The minimum Gasteiger partial charge on any atom is -0.372 e. The molecule has 0 saturated carbocycles. The van der Waals surface area contributed by atoms with Crippen LogP contribution >= 0.6 is 11.3 Å². The monoisotopic (exact) mass is 384 g/mol. The highest BCUT2D eigenvalue weighted by Crippen LogP contribution is 2.26. The van der Waals surface area contributed by atoms with Crippen molar-refractivity contribution in [1.82, 2.24) is 4.98 Å². The molecule has 7 heteroatoms. The number of carbonyl (C=O) groups excluding carboxylic acids is 2. The molecule has 142 valence electrons. The number of piperidine rings is 1. The summed E-state index contributed by atoms with van der Waals surface area (Å²) >= 11 is 1.43. The average Bonchev–Trinajstić information content (AvgIpc) is 3.31. The van der Waals surface area contributed by atoms with Gasteiger partial charge < -0.3 is 10.2 Å². The van der Waals surface area contributed by atoms with E-state index in [-0.39, 0.29) is 18.2 Å². The lowest BCUT2D eigenvalue weighted by Gasteiger charge is -2.28. The van der Waals surface area contributed by atoms with Crippen LogP contribution in [0.25, 0.3) is 0 Å². The van der Waals surface area contributed by atoms with Crippen LogP contribution < -0.4 is 15.1 Å². The Hall–Kier alpha value is -2.41. The van der Waals surface area contributed by atoms with Gasteiger partial charge in [-0.3, -0.25) is 14.5 Å². The number of anilines is 3. The third kappa shape index (κ3) is 4.30. The lowest BCUT2D eigenvalue weighted by Crippen LogP contribution is -2.29. The molecule has 2 aliphatic rings. The van der Waals surface area contributed by atoms with Crippen LogP contribution in [0.4, 0.5) is 16.5 Å². The third-order valence-corrected chi connectivity index (χ3v) is 5.97. The molecule has 27 heavy (non-hydrogen) atoms. The molecule has 1 aromatic heterocycles. The Morgan fingerprint density at radius 3 is 2.56 bits per heavy atom. The van der Waals surface area contributed by atoms with Crippen molar-refractivity contribution in [2.45, 2.75) is 38.5 Å². The van der Waals surface area contributed by atoms with Crippen LogP contribution in [-0.4, -0.2) is 36.4 Å². The number of thiazole rings is 1. The SMILES string of the molecule is O=C(Cc1csc(N2CCCC2=O)n1)Nc1ccc(N2CCCCC2)cc1. The summed E-state index contributed by atoms with van der Waals surface area (Å²) in [6, 6.07) is 8.05. The molecular formula is C20H24N4O2S. The van der Waals surface area contributed by atoms with Crippen LogP contribution in [-0.2, 0) is 16.0 Å². The molecule has 2 saturated heterocycles. The van der Waals surface area contributed by atoms with Crippen molar-refractivity contribution in [2.75, 3.05) is 34.8 Å². The average molecular weight is 385 g/mol. The highest BCUT2D eigenvalue weighted by atomic mass is 32.1. The first-order chi connectivity index (χ1) is 13.2. The number of nitrogens with zero attached hydrogens (tertiary/aromatic N) is 3. The lowest BCUT2D eigenvalue weighted by molar-refractivity contribution is -0.117. The van der Waals surface area contributed by atoms with Crippen LogP contribution in [0.3, 0.4) is 0 Å². The zero-order valence-corrected chi connectivity index (χ0v) is 16.1. The largest absolute Gasteiger partial charge is 0.372 e. The Bertz CT molecular complexity index is 812. The lowest BCUT2D eigenvalue weighted by atomic mass is 10.1. The topological polar surface area (TPSA) is 65.5 Å². The maximum absolute atomic E-state index is 12.3. The minimum atomic E-state index is -0.0923. The molecule has 0 radical (unpaired) electrons. The first kappa shape index (κ1) is 18.0. The zero-order chi connectivity index (χ0) is 18.6. The molecule has 0 spiro atoms. The van der Waals surface area contributed by atoms with E-state index < -0.39 is 0 Å². The number of nitrogens with one attached hydrogen (secondary N) is 1. The van der Waals surface area contributed by atoms with Gasteiger partial charge in [-0.2, -0.15) is 0 Å². The summed E-state index contributed by atoms with van der Waals surface area (Å²) in [6.07, 6.45) is 5.49. The summed E-state index contributed by atoms with van der Waals surface area (Å²) in [4.78, 5) is 32.7. The van der Waals surface area contributed by atoms with Crippen molar-refractivity contribution >= 4 is 39.7 Å². The normalized spacial score (nSPS) is 17.4. The quantitative estimate of drug-likeness (QED) is 0.858. The van der Waals surface area contributed by atoms with Gasteiger partial charge in [0.05, 0.1) is 12.1 Å². The van der Waals surface area contributed by atoms with E-state index in [0.717, 1.165) is 31.7 Å². The number of aromatic nitrogens is 1. The van der Waals surface area contributed by atoms with E-state index in [1.807, 2.05) is 17.5 Å². The summed E-state index contributed by atoms with van der Waals surface area (Å²) in [7, 11) is 0. The Morgan fingerprint density at radius 1 is 1.07 bits per heavy atom. The molecule has 2 amide bonds. The smallest absolute Gasteiger partial charge is 0.230 e. The molecule has 3 heterocycles. The van der Waals surface area contributed by atoms with Crippen LogP contribution in [0.2, 0.25) is 0 Å². The van der Waals surface area contributed by atoms with Crippen LogP contribution in [0, 0.1) is 0 Å². The molecule has 1 aromatic carbocycles. The second-order valence-corrected chi connectivity index (χ2v) is 7.93. The molecule has 0 unspecified atom stereocenters. The fraction of sp³-hybridized carbons (Fsp3) is 0.450. The summed E-state index contributed by atoms with van der Waals surface area (Å²) in [5, 5.41) is 5.50. The van der Waals surface area contributed by atoms with Crippen molar-refractivity contribution in [1.29, 1.82) is 0 Å².